The van der Waals surface area contributed by atoms with Crippen molar-refractivity contribution in [1.82, 2.24) is 10.6 Å². The van der Waals surface area contributed by atoms with Crippen LogP contribution in [0.15, 0.2) is 0 Å². The van der Waals surface area contributed by atoms with Crippen molar-refractivity contribution in [3.8, 4) is 0 Å². The summed E-state index contributed by atoms with van der Waals surface area (Å²) in [5, 5.41) is 8.47. The molecule has 2 N–H and O–H groups in total. The van der Waals surface area contributed by atoms with Crippen LogP contribution in [0.1, 0.15) is 46.5 Å². The van der Waals surface area contributed by atoms with Gasteiger partial charge in [0.15, 0.2) is 0 Å². The van der Waals surface area contributed by atoms with Crippen LogP contribution in [0.25, 0.3) is 0 Å². The second kappa shape index (κ2) is 8.37. The SMILES string of the molecule is CC1CNCC(C)S1.CCC1CCCCN1. The summed E-state index contributed by atoms with van der Waals surface area (Å²) < 4.78 is 0. The molecule has 0 aromatic rings. The summed E-state index contributed by atoms with van der Waals surface area (Å²) in [6, 6.07) is 0.837. The van der Waals surface area contributed by atoms with Crippen molar-refractivity contribution in [3.05, 3.63) is 0 Å². The van der Waals surface area contributed by atoms with Gasteiger partial charge in [-0.25, -0.2) is 0 Å². The van der Waals surface area contributed by atoms with Gasteiger partial charge >= 0.3 is 0 Å². The molecule has 2 heterocycles. The second-order valence-corrected chi connectivity index (χ2v) is 6.85. The predicted octanol–water partition coefficient (Wildman–Crippen LogP) is 2.64. The lowest BCUT2D eigenvalue weighted by Gasteiger charge is -2.23. The topological polar surface area (TPSA) is 24.1 Å². The Kier molecular flexibility index (Phi) is 7.50. The number of nitrogens with one attached hydrogen (secondary N) is 2. The zero-order valence-corrected chi connectivity index (χ0v) is 11.9. The van der Waals surface area contributed by atoms with Crippen molar-refractivity contribution in [2.75, 3.05) is 19.6 Å². The summed E-state index contributed by atoms with van der Waals surface area (Å²) in [5.74, 6) is 0. The lowest BCUT2D eigenvalue weighted by molar-refractivity contribution is 0.393. The van der Waals surface area contributed by atoms with E-state index in [1.54, 1.807) is 0 Å². The van der Waals surface area contributed by atoms with E-state index in [0.29, 0.717) is 0 Å². The fourth-order valence-corrected chi connectivity index (χ4v) is 3.48. The highest BCUT2D eigenvalue weighted by Gasteiger charge is 2.13. The van der Waals surface area contributed by atoms with E-state index in [9.17, 15) is 0 Å². The van der Waals surface area contributed by atoms with Crippen molar-refractivity contribution in [3.63, 3.8) is 0 Å². The maximum Gasteiger partial charge on any atom is 0.0147 e. The third-order valence-corrected chi connectivity index (χ3v) is 4.50. The molecule has 16 heavy (non-hydrogen) atoms. The van der Waals surface area contributed by atoms with Crippen LogP contribution in [-0.4, -0.2) is 36.2 Å². The molecule has 3 atom stereocenters. The molecule has 96 valence electrons. The molecule has 0 saturated carbocycles. The van der Waals surface area contributed by atoms with Gasteiger partial charge in [-0.3, -0.25) is 0 Å². The molecule has 2 aliphatic rings. The summed E-state index contributed by atoms with van der Waals surface area (Å²) in [5.41, 5.74) is 0. The Labute approximate surface area is 105 Å². The van der Waals surface area contributed by atoms with Crippen molar-refractivity contribution >= 4 is 11.8 Å². The first-order chi connectivity index (χ1) is 7.72. The van der Waals surface area contributed by atoms with Gasteiger partial charge in [-0.05, 0) is 25.8 Å². The van der Waals surface area contributed by atoms with Gasteiger partial charge < -0.3 is 10.6 Å². The van der Waals surface area contributed by atoms with Gasteiger partial charge in [0.05, 0.1) is 0 Å². The minimum absolute atomic E-state index is 0.818. The molecule has 2 nitrogen and oxygen atoms in total. The molecule has 0 radical (unpaired) electrons. The highest BCUT2D eigenvalue weighted by atomic mass is 32.2. The Morgan fingerprint density at radius 1 is 1.12 bits per heavy atom. The molecule has 0 aromatic heterocycles. The van der Waals surface area contributed by atoms with Gasteiger partial charge in [0.1, 0.15) is 0 Å². The van der Waals surface area contributed by atoms with Crippen LogP contribution in [-0.2, 0) is 0 Å². The van der Waals surface area contributed by atoms with Gasteiger partial charge in [-0.1, -0.05) is 27.2 Å². The smallest absolute Gasteiger partial charge is 0.0147 e. The van der Waals surface area contributed by atoms with Crippen molar-refractivity contribution in [2.45, 2.75) is 63.0 Å². The Morgan fingerprint density at radius 3 is 2.12 bits per heavy atom. The molecule has 0 aliphatic carbocycles. The van der Waals surface area contributed by atoms with E-state index >= 15 is 0 Å². The van der Waals surface area contributed by atoms with Crippen molar-refractivity contribution < 1.29 is 0 Å². The van der Waals surface area contributed by atoms with E-state index in [-0.39, 0.29) is 0 Å². The van der Waals surface area contributed by atoms with Crippen LogP contribution in [0, 0.1) is 0 Å². The fourth-order valence-electron chi connectivity index (χ4n) is 2.26. The van der Waals surface area contributed by atoms with Crippen LogP contribution >= 0.6 is 11.8 Å². The Hall–Kier alpha value is 0.270. The Morgan fingerprint density at radius 2 is 1.81 bits per heavy atom. The molecule has 2 saturated heterocycles. The van der Waals surface area contributed by atoms with Crippen LogP contribution in [0.3, 0.4) is 0 Å². The van der Waals surface area contributed by atoms with E-state index in [0.717, 1.165) is 16.5 Å². The minimum Gasteiger partial charge on any atom is -0.315 e. The lowest BCUT2D eigenvalue weighted by Crippen LogP contribution is -2.35. The average molecular weight is 244 g/mol. The van der Waals surface area contributed by atoms with Crippen molar-refractivity contribution in [2.24, 2.45) is 0 Å². The summed E-state index contributed by atoms with van der Waals surface area (Å²) in [6.07, 6.45) is 5.53. The third-order valence-electron chi connectivity index (χ3n) is 3.23. The van der Waals surface area contributed by atoms with E-state index in [4.69, 9.17) is 0 Å². The summed E-state index contributed by atoms with van der Waals surface area (Å²) in [4.78, 5) is 0. The van der Waals surface area contributed by atoms with E-state index in [1.807, 2.05) is 0 Å². The fraction of sp³-hybridized carbons (Fsp3) is 1.00. The normalized spacial score (nSPS) is 35.1. The number of piperidine rings is 1. The summed E-state index contributed by atoms with van der Waals surface area (Å²) in [6.45, 7) is 10.4. The predicted molar refractivity (Wildman–Crippen MR) is 75.3 cm³/mol. The van der Waals surface area contributed by atoms with Gasteiger partial charge in [-0.15, -0.1) is 0 Å². The number of hydrogen-bond donors (Lipinski definition) is 2. The molecular weight excluding hydrogens is 216 g/mol. The molecule has 2 fully saturated rings. The molecular formula is C13H28N2S. The Balaban J connectivity index is 0.000000160. The van der Waals surface area contributed by atoms with Crippen LogP contribution in [0.2, 0.25) is 0 Å². The van der Waals surface area contributed by atoms with E-state index in [2.05, 4.69) is 43.2 Å². The largest absolute Gasteiger partial charge is 0.315 e. The number of thioether (sulfide) groups is 1. The maximum absolute atomic E-state index is 3.47. The van der Waals surface area contributed by atoms with Gasteiger partial charge in [0, 0.05) is 29.6 Å². The second-order valence-electron chi connectivity index (χ2n) is 4.97. The molecule has 3 heteroatoms. The molecule has 3 unspecified atom stereocenters. The van der Waals surface area contributed by atoms with Crippen LogP contribution in [0.5, 0.6) is 0 Å². The van der Waals surface area contributed by atoms with Gasteiger partial charge in [0.2, 0.25) is 0 Å². The quantitative estimate of drug-likeness (QED) is 0.741. The number of hydrogen-bond acceptors (Lipinski definition) is 3. The summed E-state index contributed by atoms with van der Waals surface area (Å²) >= 11 is 2.08. The first-order valence-corrected chi connectivity index (χ1v) is 7.76. The number of rotatable bonds is 1. The zero-order valence-electron chi connectivity index (χ0n) is 11.1. The molecule has 0 spiro atoms. The summed E-state index contributed by atoms with van der Waals surface area (Å²) in [7, 11) is 0. The first-order valence-electron chi connectivity index (χ1n) is 6.82. The van der Waals surface area contributed by atoms with Crippen molar-refractivity contribution in [1.29, 1.82) is 0 Å². The van der Waals surface area contributed by atoms with E-state index in [1.165, 1.54) is 45.3 Å². The molecule has 0 aromatic carbocycles. The first kappa shape index (κ1) is 14.3. The molecule has 2 rings (SSSR count). The van der Waals surface area contributed by atoms with Gasteiger partial charge in [-0.2, -0.15) is 11.8 Å². The zero-order chi connectivity index (χ0) is 11.8. The highest BCUT2D eigenvalue weighted by molar-refractivity contribution is 8.00. The molecule has 0 amide bonds. The minimum atomic E-state index is 0.818. The van der Waals surface area contributed by atoms with E-state index < -0.39 is 0 Å². The maximum atomic E-state index is 3.47. The molecule has 0 bridgehead atoms. The van der Waals surface area contributed by atoms with Crippen LogP contribution in [0.4, 0.5) is 0 Å². The van der Waals surface area contributed by atoms with Gasteiger partial charge in [0.25, 0.3) is 0 Å². The molecule has 2 aliphatic heterocycles. The lowest BCUT2D eigenvalue weighted by atomic mass is 10.0. The average Bonchev–Trinajstić information content (AvgIpc) is 2.31. The third kappa shape index (κ3) is 6.12. The standard InChI is InChI=1S/C7H15N.C6H13NS/c1-2-7-5-3-4-6-8-7;1-5-3-7-4-6(2)8-5/h7-8H,2-6H2,1H3;5-7H,3-4H2,1-2H3. The monoisotopic (exact) mass is 244 g/mol. The highest BCUT2D eigenvalue weighted by Crippen LogP contribution is 2.19. The Bertz CT molecular complexity index is 161. The van der Waals surface area contributed by atoms with Crippen LogP contribution < -0.4 is 10.6 Å².